The number of hydrogen-bond acceptors (Lipinski definition) is 6. The molecule has 0 radical (unpaired) electrons. The molecule has 1 aliphatic heterocycles. The fraction of sp³-hybridized carbons (Fsp3) is 0.296. The first kappa shape index (κ1) is 26.7. The van der Waals surface area contributed by atoms with E-state index in [1.165, 1.54) is 19.4 Å². The largest absolute Gasteiger partial charge is 0.487 e. The average molecular weight is 564 g/mol. The number of benzene rings is 2. The van der Waals surface area contributed by atoms with Gasteiger partial charge in [-0.2, -0.15) is 13.2 Å². The minimum absolute atomic E-state index is 0.107. The number of esters is 1. The molecular formula is C27H22ClF4N3O4. The molecule has 1 saturated carbocycles. The highest BCUT2D eigenvalue weighted by Gasteiger charge is 2.46. The Balaban J connectivity index is 1.27. The summed E-state index contributed by atoms with van der Waals surface area (Å²) in [4.78, 5) is 31.2. The van der Waals surface area contributed by atoms with Gasteiger partial charge in [-0.1, -0.05) is 23.7 Å². The molecule has 1 saturated heterocycles. The average Bonchev–Trinajstić information content (AvgIpc) is 3.66. The Labute approximate surface area is 225 Å². The van der Waals surface area contributed by atoms with Gasteiger partial charge in [-0.3, -0.25) is 4.79 Å². The van der Waals surface area contributed by atoms with Gasteiger partial charge in [0, 0.05) is 6.20 Å². The number of nitrogens with one attached hydrogen (secondary N) is 1. The number of carbonyl (C=O) groups is 2. The summed E-state index contributed by atoms with van der Waals surface area (Å²) in [5, 5.41) is 3.32. The molecule has 1 N–H and O–H groups in total. The summed E-state index contributed by atoms with van der Waals surface area (Å²) in [5.41, 5.74) is -0.516. The predicted octanol–water partition coefficient (Wildman–Crippen LogP) is 5.37. The Morgan fingerprint density at radius 3 is 2.41 bits per heavy atom. The monoisotopic (exact) mass is 563 g/mol. The van der Waals surface area contributed by atoms with E-state index >= 15 is 0 Å². The zero-order valence-corrected chi connectivity index (χ0v) is 21.3. The highest BCUT2D eigenvalue weighted by molar-refractivity contribution is 6.31. The maximum atomic E-state index is 13.6. The number of rotatable bonds is 7. The summed E-state index contributed by atoms with van der Waals surface area (Å²) in [6, 6.07) is 10.8. The van der Waals surface area contributed by atoms with Gasteiger partial charge >= 0.3 is 12.1 Å². The number of anilines is 1. The van der Waals surface area contributed by atoms with Gasteiger partial charge in [0.05, 0.1) is 47.5 Å². The Kier molecular flexibility index (Phi) is 6.88. The summed E-state index contributed by atoms with van der Waals surface area (Å²) in [5.74, 6) is -1.98. The van der Waals surface area contributed by atoms with Crippen LogP contribution in [0.3, 0.4) is 0 Å². The molecule has 7 nitrogen and oxygen atoms in total. The molecule has 2 fully saturated rings. The number of nitrogens with zero attached hydrogens (tertiary/aromatic N) is 2. The smallest absolute Gasteiger partial charge is 0.419 e. The van der Waals surface area contributed by atoms with Crippen LogP contribution in [-0.2, 0) is 16.5 Å². The fourth-order valence-electron chi connectivity index (χ4n) is 4.46. The Morgan fingerprint density at radius 1 is 1.10 bits per heavy atom. The minimum Gasteiger partial charge on any atom is -0.487 e. The molecule has 3 aromatic rings. The second-order valence-corrected chi connectivity index (χ2v) is 9.85. The molecule has 0 atom stereocenters. The quantitative estimate of drug-likeness (QED) is 0.308. The van der Waals surface area contributed by atoms with Gasteiger partial charge < -0.3 is 19.7 Å². The second kappa shape index (κ2) is 10.0. The number of ether oxygens (including phenoxy) is 2. The predicted molar refractivity (Wildman–Crippen MR) is 133 cm³/mol. The van der Waals surface area contributed by atoms with Crippen LogP contribution in [0, 0.1) is 5.82 Å². The Bertz CT molecular complexity index is 1420. The van der Waals surface area contributed by atoms with Crippen molar-refractivity contribution in [2.24, 2.45) is 0 Å². The van der Waals surface area contributed by atoms with Crippen molar-refractivity contribution >= 4 is 29.3 Å². The van der Waals surface area contributed by atoms with Crippen molar-refractivity contribution in [2.45, 2.75) is 30.7 Å². The molecule has 1 aromatic heterocycles. The minimum atomic E-state index is -4.84. The zero-order chi connectivity index (χ0) is 27.9. The van der Waals surface area contributed by atoms with E-state index in [0.29, 0.717) is 36.4 Å². The van der Waals surface area contributed by atoms with Gasteiger partial charge in [-0.05, 0) is 54.8 Å². The van der Waals surface area contributed by atoms with E-state index in [4.69, 9.17) is 21.1 Å². The lowest BCUT2D eigenvalue weighted by Gasteiger charge is -2.40. The first-order valence-electron chi connectivity index (χ1n) is 11.9. The first-order chi connectivity index (χ1) is 18.5. The topological polar surface area (TPSA) is 80.8 Å². The molecule has 1 aliphatic carbocycles. The number of alkyl halides is 3. The molecular weight excluding hydrogens is 542 g/mol. The van der Waals surface area contributed by atoms with Crippen LogP contribution in [0.1, 0.15) is 44.7 Å². The lowest BCUT2D eigenvalue weighted by atomic mass is 10.0. The highest BCUT2D eigenvalue weighted by atomic mass is 35.5. The lowest BCUT2D eigenvalue weighted by molar-refractivity contribution is -0.140. The van der Waals surface area contributed by atoms with Gasteiger partial charge in [0.1, 0.15) is 23.5 Å². The van der Waals surface area contributed by atoms with Crippen LogP contribution >= 0.6 is 11.6 Å². The van der Waals surface area contributed by atoms with Crippen molar-refractivity contribution in [1.29, 1.82) is 0 Å². The fourth-order valence-corrected chi connectivity index (χ4v) is 4.62. The number of halogens is 5. The number of methoxy groups -OCH3 is 1. The zero-order valence-electron chi connectivity index (χ0n) is 20.5. The van der Waals surface area contributed by atoms with E-state index < -0.39 is 41.1 Å². The van der Waals surface area contributed by atoms with Gasteiger partial charge in [0.2, 0.25) is 0 Å². The standard InChI is InChI=1S/C27H22ClF4N3O4/c1-38-25(37)15-2-4-16(5-3-15)26(8-9-26)34-24(36)20-10-17(28)12-33-23(20)35-13-19(14-35)39-18-6-7-22(29)21(11-18)27(30,31)32/h2-7,10-12,19H,8-9,13-14H2,1H3,(H,34,36). The molecule has 5 rings (SSSR count). The molecule has 12 heteroatoms. The molecule has 204 valence electrons. The molecule has 2 aromatic carbocycles. The summed E-state index contributed by atoms with van der Waals surface area (Å²) in [6.45, 7) is 0.488. The third-order valence-electron chi connectivity index (χ3n) is 6.73. The third kappa shape index (κ3) is 5.49. The van der Waals surface area contributed by atoms with Crippen LogP contribution in [0.5, 0.6) is 5.75 Å². The van der Waals surface area contributed by atoms with Crippen LogP contribution in [0.25, 0.3) is 0 Å². The second-order valence-electron chi connectivity index (χ2n) is 9.41. The van der Waals surface area contributed by atoms with Crippen molar-refractivity contribution in [3.8, 4) is 5.75 Å². The van der Waals surface area contributed by atoms with E-state index in [2.05, 4.69) is 10.3 Å². The van der Waals surface area contributed by atoms with Crippen molar-refractivity contribution in [3.05, 3.63) is 87.8 Å². The van der Waals surface area contributed by atoms with Crippen LogP contribution < -0.4 is 15.0 Å². The Morgan fingerprint density at radius 2 is 1.79 bits per heavy atom. The molecule has 0 unspecified atom stereocenters. The maximum absolute atomic E-state index is 13.6. The molecule has 1 amide bonds. The highest BCUT2D eigenvalue weighted by Crippen LogP contribution is 2.46. The van der Waals surface area contributed by atoms with Crippen molar-refractivity contribution in [2.75, 3.05) is 25.1 Å². The van der Waals surface area contributed by atoms with Gasteiger partial charge in [0.15, 0.2) is 0 Å². The number of pyridine rings is 1. The van der Waals surface area contributed by atoms with E-state index in [1.54, 1.807) is 29.2 Å². The normalized spacial score (nSPS) is 16.3. The summed E-state index contributed by atoms with van der Waals surface area (Å²) in [7, 11) is 1.30. The van der Waals surface area contributed by atoms with Crippen LogP contribution in [0.2, 0.25) is 5.02 Å². The van der Waals surface area contributed by atoms with Crippen molar-refractivity contribution in [1.82, 2.24) is 10.3 Å². The van der Waals surface area contributed by atoms with Crippen molar-refractivity contribution in [3.63, 3.8) is 0 Å². The van der Waals surface area contributed by atoms with Crippen molar-refractivity contribution < 1.29 is 36.6 Å². The molecule has 0 bridgehead atoms. The van der Waals surface area contributed by atoms with E-state index in [0.717, 1.165) is 11.6 Å². The lowest BCUT2D eigenvalue weighted by Crippen LogP contribution is -2.55. The van der Waals surface area contributed by atoms with Gasteiger partial charge in [-0.25, -0.2) is 14.2 Å². The summed E-state index contributed by atoms with van der Waals surface area (Å²) >= 11 is 6.14. The first-order valence-corrected chi connectivity index (χ1v) is 12.3. The third-order valence-corrected chi connectivity index (χ3v) is 6.94. The molecule has 2 aliphatic rings. The Hall–Kier alpha value is -3.86. The van der Waals surface area contributed by atoms with Crippen LogP contribution in [0.4, 0.5) is 23.4 Å². The van der Waals surface area contributed by atoms with E-state index in [-0.39, 0.29) is 29.4 Å². The van der Waals surface area contributed by atoms with E-state index in [1.807, 2.05) is 0 Å². The van der Waals surface area contributed by atoms with Crippen LogP contribution in [-0.4, -0.2) is 43.2 Å². The van der Waals surface area contributed by atoms with Crippen LogP contribution in [0.15, 0.2) is 54.7 Å². The van der Waals surface area contributed by atoms with Gasteiger partial charge in [0.25, 0.3) is 5.91 Å². The molecule has 39 heavy (non-hydrogen) atoms. The molecule has 2 heterocycles. The van der Waals surface area contributed by atoms with Gasteiger partial charge in [-0.15, -0.1) is 0 Å². The van der Waals surface area contributed by atoms with E-state index in [9.17, 15) is 27.2 Å². The summed E-state index contributed by atoms with van der Waals surface area (Å²) in [6.07, 6.45) is -2.52. The molecule has 0 spiro atoms. The number of carbonyl (C=O) groups excluding carboxylic acids is 2. The number of amides is 1. The number of hydrogen-bond donors (Lipinski definition) is 1. The maximum Gasteiger partial charge on any atom is 0.419 e. The summed E-state index contributed by atoms with van der Waals surface area (Å²) < 4.78 is 62.9. The SMILES string of the molecule is COC(=O)c1ccc(C2(NC(=O)c3cc(Cl)cnc3N3CC(Oc4ccc(F)c(C(F)(F)F)c4)C3)CC2)cc1. The number of aromatic nitrogens is 1.